The molecule has 1 aromatic carbocycles. The largest absolute Gasteiger partial charge is 0.336 e. The van der Waals surface area contributed by atoms with Gasteiger partial charge in [0.15, 0.2) is 11.5 Å². The molecule has 31 heavy (non-hydrogen) atoms. The summed E-state index contributed by atoms with van der Waals surface area (Å²) in [6.07, 6.45) is 5.18. The standard InChI is InChI=1S/C22H15FN8/c1-11-6-12(8-14(23)7-11)18-19-16(4-5-24-18)28-22(29-19)21-20-17(30-31-21)3-2-15(27-20)13-9-25-26-10-13/h2-10H,1H3,(H,25,26)(H,28,29)(H,30,31). The predicted octanol–water partition coefficient (Wildman–Crippen LogP) is 4.40. The first kappa shape index (κ1) is 17.5. The third-order valence-electron chi connectivity index (χ3n) is 5.14. The van der Waals surface area contributed by atoms with E-state index in [0.29, 0.717) is 33.8 Å². The van der Waals surface area contributed by atoms with Crippen LogP contribution >= 0.6 is 0 Å². The second kappa shape index (κ2) is 6.56. The van der Waals surface area contributed by atoms with Crippen molar-refractivity contribution in [1.29, 1.82) is 0 Å². The van der Waals surface area contributed by atoms with E-state index in [2.05, 4.69) is 30.4 Å². The first-order valence-electron chi connectivity index (χ1n) is 9.63. The highest BCUT2D eigenvalue weighted by Crippen LogP contribution is 2.31. The molecule has 3 N–H and O–H groups in total. The van der Waals surface area contributed by atoms with Gasteiger partial charge in [0, 0.05) is 23.5 Å². The van der Waals surface area contributed by atoms with Gasteiger partial charge in [-0.3, -0.25) is 15.2 Å². The Labute approximate surface area is 174 Å². The lowest BCUT2D eigenvalue weighted by atomic mass is 10.1. The summed E-state index contributed by atoms with van der Waals surface area (Å²) in [6.45, 7) is 1.85. The number of aromatic amines is 3. The summed E-state index contributed by atoms with van der Waals surface area (Å²) in [4.78, 5) is 17.3. The van der Waals surface area contributed by atoms with Gasteiger partial charge in [-0.05, 0) is 48.9 Å². The van der Waals surface area contributed by atoms with E-state index in [0.717, 1.165) is 27.9 Å². The van der Waals surface area contributed by atoms with Crippen LogP contribution in [0, 0.1) is 12.7 Å². The molecular weight excluding hydrogens is 395 g/mol. The second-order valence-corrected chi connectivity index (χ2v) is 7.31. The molecule has 0 aliphatic rings. The number of nitrogens with zero attached hydrogens (tertiary/aromatic N) is 5. The number of imidazole rings is 1. The van der Waals surface area contributed by atoms with Crippen molar-refractivity contribution in [3.63, 3.8) is 0 Å². The number of aryl methyl sites for hydroxylation is 1. The average molecular weight is 410 g/mol. The fraction of sp³-hybridized carbons (Fsp3) is 0.0455. The van der Waals surface area contributed by atoms with Crippen molar-refractivity contribution in [3.8, 4) is 34.0 Å². The lowest BCUT2D eigenvalue weighted by molar-refractivity contribution is 0.627. The first-order valence-corrected chi connectivity index (χ1v) is 9.63. The number of fused-ring (bicyclic) bond motifs is 2. The van der Waals surface area contributed by atoms with Crippen molar-refractivity contribution < 1.29 is 4.39 Å². The minimum atomic E-state index is -0.307. The Morgan fingerprint density at radius 3 is 2.65 bits per heavy atom. The van der Waals surface area contributed by atoms with E-state index >= 15 is 0 Å². The molecule has 0 bridgehead atoms. The van der Waals surface area contributed by atoms with Gasteiger partial charge in [0.2, 0.25) is 0 Å². The summed E-state index contributed by atoms with van der Waals surface area (Å²) < 4.78 is 14.0. The van der Waals surface area contributed by atoms with Crippen molar-refractivity contribution in [2.24, 2.45) is 0 Å². The first-order chi connectivity index (χ1) is 15.2. The molecule has 0 aliphatic heterocycles. The number of aromatic nitrogens is 8. The van der Waals surface area contributed by atoms with Crippen molar-refractivity contribution in [2.75, 3.05) is 0 Å². The molecule has 6 aromatic rings. The summed E-state index contributed by atoms with van der Waals surface area (Å²) in [5, 5.41) is 14.2. The van der Waals surface area contributed by atoms with E-state index in [1.54, 1.807) is 18.6 Å². The Hall–Kier alpha value is -4.40. The molecule has 0 saturated carbocycles. The number of nitrogens with one attached hydrogen (secondary N) is 3. The molecule has 5 aromatic heterocycles. The van der Waals surface area contributed by atoms with Gasteiger partial charge in [0.1, 0.15) is 16.9 Å². The van der Waals surface area contributed by atoms with Crippen LogP contribution in [0.15, 0.2) is 55.0 Å². The van der Waals surface area contributed by atoms with Gasteiger partial charge in [-0.15, -0.1) is 0 Å². The quantitative estimate of drug-likeness (QED) is 0.400. The number of hydrogen-bond donors (Lipinski definition) is 3. The summed E-state index contributed by atoms with van der Waals surface area (Å²) in [7, 11) is 0. The third-order valence-corrected chi connectivity index (χ3v) is 5.14. The van der Waals surface area contributed by atoms with Gasteiger partial charge in [-0.1, -0.05) is 0 Å². The molecule has 0 radical (unpaired) electrons. The van der Waals surface area contributed by atoms with Crippen LogP contribution in [0.1, 0.15) is 5.56 Å². The maximum atomic E-state index is 14.0. The van der Waals surface area contributed by atoms with E-state index in [9.17, 15) is 4.39 Å². The molecule has 0 spiro atoms. The number of hydrogen-bond acceptors (Lipinski definition) is 5. The molecule has 0 amide bonds. The monoisotopic (exact) mass is 410 g/mol. The van der Waals surface area contributed by atoms with Gasteiger partial charge in [0.25, 0.3) is 0 Å². The molecule has 0 unspecified atom stereocenters. The average Bonchev–Trinajstić information content (AvgIpc) is 3.50. The highest BCUT2D eigenvalue weighted by Gasteiger charge is 2.17. The molecule has 9 heteroatoms. The topological polar surface area (TPSA) is 112 Å². The van der Waals surface area contributed by atoms with Gasteiger partial charge in [-0.2, -0.15) is 10.2 Å². The number of H-pyrrole nitrogens is 3. The Kier molecular flexibility index (Phi) is 3.69. The molecule has 0 fully saturated rings. The lowest BCUT2D eigenvalue weighted by Crippen LogP contribution is -1.88. The number of rotatable bonds is 3. The van der Waals surface area contributed by atoms with Crippen LogP contribution in [0.5, 0.6) is 0 Å². The highest BCUT2D eigenvalue weighted by atomic mass is 19.1. The van der Waals surface area contributed by atoms with E-state index in [1.807, 2.05) is 31.2 Å². The molecule has 8 nitrogen and oxygen atoms in total. The van der Waals surface area contributed by atoms with Crippen LogP contribution < -0.4 is 0 Å². The van der Waals surface area contributed by atoms with E-state index < -0.39 is 0 Å². The van der Waals surface area contributed by atoms with Gasteiger partial charge in [-0.25, -0.2) is 14.4 Å². The fourth-order valence-corrected chi connectivity index (χ4v) is 3.75. The summed E-state index contributed by atoms with van der Waals surface area (Å²) in [5.41, 5.74) is 7.26. The van der Waals surface area contributed by atoms with E-state index in [-0.39, 0.29) is 5.82 Å². The highest BCUT2D eigenvalue weighted by molar-refractivity contribution is 5.95. The Morgan fingerprint density at radius 2 is 1.81 bits per heavy atom. The van der Waals surface area contributed by atoms with Crippen LogP contribution in [-0.4, -0.2) is 40.3 Å². The molecule has 6 rings (SSSR count). The maximum Gasteiger partial charge on any atom is 0.161 e. The minimum Gasteiger partial charge on any atom is -0.336 e. The maximum absolute atomic E-state index is 14.0. The van der Waals surface area contributed by atoms with Crippen molar-refractivity contribution in [3.05, 3.63) is 66.4 Å². The van der Waals surface area contributed by atoms with Crippen molar-refractivity contribution >= 4 is 22.1 Å². The third kappa shape index (κ3) is 2.86. The van der Waals surface area contributed by atoms with Crippen LogP contribution in [0.25, 0.3) is 56.1 Å². The fourth-order valence-electron chi connectivity index (χ4n) is 3.75. The van der Waals surface area contributed by atoms with Gasteiger partial charge >= 0.3 is 0 Å². The summed E-state index contributed by atoms with van der Waals surface area (Å²) >= 11 is 0. The molecular formula is C22H15FN8. The van der Waals surface area contributed by atoms with E-state index in [1.165, 1.54) is 12.1 Å². The van der Waals surface area contributed by atoms with Crippen LogP contribution in [0.3, 0.4) is 0 Å². The van der Waals surface area contributed by atoms with E-state index in [4.69, 9.17) is 9.97 Å². The summed E-state index contributed by atoms with van der Waals surface area (Å²) in [5.74, 6) is 0.249. The van der Waals surface area contributed by atoms with Crippen molar-refractivity contribution in [1.82, 2.24) is 40.3 Å². The van der Waals surface area contributed by atoms with Gasteiger partial charge < -0.3 is 4.98 Å². The van der Waals surface area contributed by atoms with Gasteiger partial charge in [0.05, 0.1) is 28.6 Å². The number of halogens is 1. The SMILES string of the molecule is Cc1cc(F)cc(-c2nccc3[nH]c(-c4n[nH]c5ccc(-c6cn[nH]c6)nc45)nc23)c1. The lowest BCUT2D eigenvalue weighted by Gasteiger charge is -2.03. The molecule has 0 aliphatic carbocycles. The normalized spacial score (nSPS) is 11.5. The minimum absolute atomic E-state index is 0.307. The van der Waals surface area contributed by atoms with Crippen LogP contribution in [-0.2, 0) is 0 Å². The second-order valence-electron chi connectivity index (χ2n) is 7.31. The number of pyridine rings is 2. The van der Waals surface area contributed by atoms with Crippen molar-refractivity contribution in [2.45, 2.75) is 6.92 Å². The Bertz CT molecular complexity index is 1540. The molecule has 5 heterocycles. The summed E-state index contributed by atoms with van der Waals surface area (Å²) in [6, 6.07) is 10.5. The zero-order valence-electron chi connectivity index (χ0n) is 16.3. The molecule has 0 atom stereocenters. The molecule has 150 valence electrons. The smallest absolute Gasteiger partial charge is 0.161 e. The molecule has 0 saturated heterocycles. The zero-order chi connectivity index (χ0) is 20.9. The Balaban J connectivity index is 1.53. The zero-order valence-corrected chi connectivity index (χ0v) is 16.3. The van der Waals surface area contributed by atoms with Crippen LogP contribution in [0.2, 0.25) is 0 Å². The van der Waals surface area contributed by atoms with Crippen LogP contribution in [0.4, 0.5) is 4.39 Å². The Morgan fingerprint density at radius 1 is 0.903 bits per heavy atom. The predicted molar refractivity (Wildman–Crippen MR) is 114 cm³/mol. The number of benzene rings is 1.